The number of nitrogens with one attached hydrogen (secondary N) is 3. The number of hydrogen-bond donors (Lipinski definition) is 9. The maximum absolute atomic E-state index is 13.2. The first-order valence-corrected chi connectivity index (χ1v) is 11.8. The van der Waals surface area contributed by atoms with Crippen LogP contribution in [0.4, 0.5) is 0 Å². The van der Waals surface area contributed by atoms with Crippen LogP contribution in [0, 0.1) is 0 Å². The lowest BCUT2D eigenvalue weighted by Crippen LogP contribution is -2.58. The van der Waals surface area contributed by atoms with Crippen molar-refractivity contribution in [3.05, 3.63) is 29.8 Å². The molecule has 1 aromatic carbocycles. The third-order valence-corrected chi connectivity index (χ3v) is 5.37. The Hall–Kier alpha value is -4.24. The SMILES string of the molecule is NCCCCC(N)C(=O)NC(Cc1ccc(O)cc1)C(=O)NC(CC(N)=O)C(=O)NC(CC(N)=O)C(=O)O. The van der Waals surface area contributed by atoms with Gasteiger partial charge in [-0.3, -0.25) is 24.0 Å². The standard InChI is InChI=1S/C23H35N7O8/c24-8-2-1-3-14(25)20(34)28-15(9-12-4-6-13(31)7-5-12)21(35)29-16(10-18(26)32)22(36)30-17(23(37)38)11-19(27)33/h4-7,14-17,31H,1-3,8-11,24-25H2,(H2,26,32)(H2,27,33)(H,28,34)(H,29,35)(H,30,36)(H,37,38). The molecule has 4 unspecified atom stereocenters. The number of carbonyl (C=O) groups is 6. The van der Waals surface area contributed by atoms with Crippen LogP contribution in [0.5, 0.6) is 5.75 Å². The fraction of sp³-hybridized carbons (Fsp3) is 0.478. The normalized spacial score (nSPS) is 13.8. The van der Waals surface area contributed by atoms with Crippen molar-refractivity contribution >= 4 is 35.5 Å². The third kappa shape index (κ3) is 11.7. The van der Waals surface area contributed by atoms with E-state index in [1.54, 1.807) is 0 Å². The fourth-order valence-electron chi connectivity index (χ4n) is 3.35. The lowest BCUT2D eigenvalue weighted by atomic mass is 10.0. The second-order valence-corrected chi connectivity index (χ2v) is 8.62. The Bertz CT molecular complexity index is 1000. The van der Waals surface area contributed by atoms with Crippen LogP contribution in [-0.4, -0.2) is 76.4 Å². The number of hydrogen-bond acceptors (Lipinski definition) is 9. The van der Waals surface area contributed by atoms with Gasteiger partial charge in [-0.1, -0.05) is 18.6 Å². The molecule has 0 fully saturated rings. The van der Waals surface area contributed by atoms with E-state index in [4.69, 9.17) is 22.9 Å². The zero-order valence-corrected chi connectivity index (χ0v) is 20.7. The topological polar surface area (TPSA) is 283 Å². The zero-order valence-electron chi connectivity index (χ0n) is 20.7. The highest BCUT2D eigenvalue weighted by atomic mass is 16.4. The van der Waals surface area contributed by atoms with Crippen molar-refractivity contribution in [3.8, 4) is 5.75 Å². The van der Waals surface area contributed by atoms with Gasteiger partial charge in [-0.05, 0) is 37.1 Å². The molecule has 38 heavy (non-hydrogen) atoms. The summed E-state index contributed by atoms with van der Waals surface area (Å²) in [5.74, 6) is -6.25. The van der Waals surface area contributed by atoms with Crippen molar-refractivity contribution in [1.29, 1.82) is 0 Å². The molecule has 0 bridgehead atoms. The van der Waals surface area contributed by atoms with E-state index in [2.05, 4.69) is 10.6 Å². The molecule has 15 heteroatoms. The first kappa shape index (κ1) is 31.8. The predicted octanol–water partition coefficient (Wildman–Crippen LogP) is -3.32. The van der Waals surface area contributed by atoms with E-state index in [1.165, 1.54) is 24.3 Å². The third-order valence-electron chi connectivity index (χ3n) is 5.37. The van der Waals surface area contributed by atoms with E-state index in [9.17, 15) is 39.0 Å². The van der Waals surface area contributed by atoms with Gasteiger partial charge in [0.2, 0.25) is 29.5 Å². The van der Waals surface area contributed by atoms with Crippen LogP contribution in [0.3, 0.4) is 0 Å². The maximum atomic E-state index is 13.2. The number of phenolic OH excluding ortho intramolecular Hbond substituents is 1. The van der Waals surface area contributed by atoms with Crippen LogP contribution >= 0.6 is 0 Å². The monoisotopic (exact) mass is 537 g/mol. The Morgan fingerprint density at radius 3 is 1.79 bits per heavy atom. The van der Waals surface area contributed by atoms with Gasteiger partial charge in [-0.15, -0.1) is 0 Å². The Morgan fingerprint density at radius 2 is 1.26 bits per heavy atom. The number of phenols is 1. The number of benzene rings is 1. The number of carboxylic acids is 1. The summed E-state index contributed by atoms with van der Waals surface area (Å²) >= 11 is 0. The summed E-state index contributed by atoms with van der Waals surface area (Å²) in [6.45, 7) is 0.422. The Kier molecular flexibility index (Phi) is 13.2. The van der Waals surface area contributed by atoms with E-state index >= 15 is 0 Å². The molecule has 1 rings (SSSR count). The second-order valence-electron chi connectivity index (χ2n) is 8.62. The molecule has 1 aromatic rings. The fourth-order valence-corrected chi connectivity index (χ4v) is 3.35. The van der Waals surface area contributed by atoms with Crippen molar-refractivity contribution in [2.75, 3.05) is 6.54 Å². The number of aliphatic carboxylic acids is 1. The van der Waals surface area contributed by atoms with Crippen molar-refractivity contribution in [2.45, 2.75) is 62.7 Å². The van der Waals surface area contributed by atoms with E-state index in [0.29, 0.717) is 31.4 Å². The number of unbranched alkanes of at least 4 members (excludes halogenated alkanes) is 1. The van der Waals surface area contributed by atoms with Gasteiger partial charge in [0.05, 0.1) is 18.9 Å². The van der Waals surface area contributed by atoms with Gasteiger partial charge in [0.15, 0.2) is 0 Å². The molecule has 210 valence electrons. The quantitative estimate of drug-likeness (QED) is 0.0891. The summed E-state index contributed by atoms with van der Waals surface area (Å²) in [7, 11) is 0. The number of rotatable bonds is 17. The molecule has 0 spiro atoms. The van der Waals surface area contributed by atoms with Gasteiger partial charge >= 0.3 is 5.97 Å². The molecule has 0 heterocycles. The highest BCUT2D eigenvalue weighted by Crippen LogP contribution is 2.12. The van der Waals surface area contributed by atoms with Gasteiger partial charge in [0.25, 0.3) is 0 Å². The van der Waals surface area contributed by atoms with Crippen LogP contribution in [-0.2, 0) is 35.2 Å². The molecular formula is C23H35N7O8. The predicted molar refractivity (Wildman–Crippen MR) is 134 cm³/mol. The molecular weight excluding hydrogens is 502 g/mol. The van der Waals surface area contributed by atoms with E-state index in [0.717, 1.165) is 0 Å². The molecule has 15 nitrogen and oxygen atoms in total. The number of carbonyl (C=O) groups excluding carboxylic acids is 5. The largest absolute Gasteiger partial charge is 0.508 e. The first-order valence-electron chi connectivity index (χ1n) is 11.8. The molecule has 13 N–H and O–H groups in total. The van der Waals surface area contributed by atoms with Crippen LogP contribution in [0.25, 0.3) is 0 Å². The van der Waals surface area contributed by atoms with Crippen molar-refractivity contribution < 1.29 is 39.0 Å². The Morgan fingerprint density at radius 1 is 0.763 bits per heavy atom. The molecule has 4 atom stereocenters. The lowest BCUT2D eigenvalue weighted by molar-refractivity contribution is -0.144. The number of aromatic hydroxyl groups is 1. The highest BCUT2D eigenvalue weighted by Gasteiger charge is 2.32. The Labute approximate surface area is 218 Å². The van der Waals surface area contributed by atoms with Crippen LogP contribution in [0.2, 0.25) is 0 Å². The van der Waals surface area contributed by atoms with Gasteiger partial charge < -0.3 is 49.1 Å². The molecule has 5 amide bonds. The minimum atomic E-state index is -1.72. The minimum absolute atomic E-state index is 0.0251. The molecule has 0 aliphatic heterocycles. The first-order chi connectivity index (χ1) is 17.8. The molecule has 0 radical (unpaired) electrons. The summed E-state index contributed by atoms with van der Waals surface area (Å²) in [6, 6.07) is 0.189. The summed E-state index contributed by atoms with van der Waals surface area (Å²) in [5, 5.41) is 25.6. The molecule has 0 saturated carbocycles. The summed E-state index contributed by atoms with van der Waals surface area (Å²) in [6.07, 6.45) is 0.00249. The van der Waals surface area contributed by atoms with E-state index in [1.807, 2.05) is 5.32 Å². The summed E-state index contributed by atoms with van der Waals surface area (Å²) in [5.41, 5.74) is 22.1. The van der Waals surface area contributed by atoms with E-state index < -0.39 is 72.5 Å². The van der Waals surface area contributed by atoms with E-state index in [-0.39, 0.29) is 12.2 Å². The summed E-state index contributed by atoms with van der Waals surface area (Å²) < 4.78 is 0. The zero-order chi connectivity index (χ0) is 28.8. The molecule has 0 saturated heterocycles. The second kappa shape index (κ2) is 15.8. The molecule has 0 aromatic heterocycles. The molecule has 0 aliphatic rings. The maximum Gasteiger partial charge on any atom is 0.326 e. The highest BCUT2D eigenvalue weighted by molar-refractivity contribution is 5.96. The van der Waals surface area contributed by atoms with Crippen molar-refractivity contribution in [3.63, 3.8) is 0 Å². The van der Waals surface area contributed by atoms with Gasteiger partial charge in [-0.25, -0.2) is 4.79 Å². The van der Waals surface area contributed by atoms with Gasteiger partial charge in [0, 0.05) is 6.42 Å². The van der Waals surface area contributed by atoms with Crippen LogP contribution < -0.4 is 38.9 Å². The summed E-state index contributed by atoms with van der Waals surface area (Å²) in [4.78, 5) is 72.6. The average molecular weight is 538 g/mol. The van der Waals surface area contributed by atoms with Crippen molar-refractivity contribution in [1.82, 2.24) is 16.0 Å². The van der Waals surface area contributed by atoms with Gasteiger partial charge in [-0.2, -0.15) is 0 Å². The van der Waals surface area contributed by atoms with Crippen LogP contribution in [0.1, 0.15) is 37.7 Å². The number of amides is 5. The van der Waals surface area contributed by atoms with Crippen molar-refractivity contribution in [2.24, 2.45) is 22.9 Å². The van der Waals surface area contributed by atoms with Crippen LogP contribution in [0.15, 0.2) is 24.3 Å². The lowest BCUT2D eigenvalue weighted by Gasteiger charge is -2.25. The number of carboxylic acid groups (broad SMARTS) is 1. The number of nitrogens with two attached hydrogens (primary N) is 4. The molecule has 0 aliphatic carbocycles. The average Bonchev–Trinajstić information content (AvgIpc) is 2.83. The Balaban J connectivity index is 3.12. The smallest absolute Gasteiger partial charge is 0.326 e. The number of primary amides is 2. The van der Waals surface area contributed by atoms with Gasteiger partial charge in [0.1, 0.15) is 23.9 Å². The minimum Gasteiger partial charge on any atom is -0.508 e.